The van der Waals surface area contributed by atoms with Gasteiger partial charge in [0.2, 0.25) is 0 Å². The minimum Gasteiger partial charge on any atom is -0.294 e. The van der Waals surface area contributed by atoms with E-state index < -0.39 is 11.6 Å². The molecule has 110 valence electrons. The van der Waals surface area contributed by atoms with E-state index >= 15 is 0 Å². The number of benzene rings is 1. The van der Waals surface area contributed by atoms with Gasteiger partial charge in [0.25, 0.3) is 0 Å². The molecule has 0 atom stereocenters. The third-order valence-corrected chi connectivity index (χ3v) is 4.63. The highest BCUT2D eigenvalue weighted by Crippen LogP contribution is 2.35. The van der Waals surface area contributed by atoms with Crippen LogP contribution in [0.15, 0.2) is 12.1 Å². The normalized spacial score (nSPS) is 23.1. The minimum absolute atomic E-state index is 0.0823. The Kier molecular flexibility index (Phi) is 4.56. The van der Waals surface area contributed by atoms with E-state index in [1.165, 1.54) is 19.1 Å². The average Bonchev–Trinajstić information content (AvgIpc) is 2.44. The van der Waals surface area contributed by atoms with E-state index in [9.17, 15) is 13.6 Å². The van der Waals surface area contributed by atoms with Gasteiger partial charge < -0.3 is 0 Å². The van der Waals surface area contributed by atoms with Gasteiger partial charge in [0.05, 0.1) is 5.56 Å². The Balaban J connectivity index is 2.12. The van der Waals surface area contributed by atoms with Gasteiger partial charge in [-0.1, -0.05) is 19.9 Å². The number of carbonyl (C=O) groups excluding carboxylic acids is 1. The third-order valence-electron chi connectivity index (χ3n) is 4.63. The number of hydrogen-bond acceptors (Lipinski definition) is 1. The van der Waals surface area contributed by atoms with Gasteiger partial charge >= 0.3 is 0 Å². The van der Waals surface area contributed by atoms with Gasteiger partial charge in [0, 0.05) is 5.92 Å². The SMILES string of the molecule is Cc1ccc(C(=O)C2CCC(C(C)C)CC2)c(F)c1F. The summed E-state index contributed by atoms with van der Waals surface area (Å²) >= 11 is 0. The van der Waals surface area contributed by atoms with Crippen LogP contribution in [0.1, 0.15) is 55.5 Å². The van der Waals surface area contributed by atoms with Gasteiger partial charge in [0.15, 0.2) is 17.4 Å². The van der Waals surface area contributed by atoms with Gasteiger partial charge in [-0.05, 0) is 56.1 Å². The van der Waals surface area contributed by atoms with Crippen LogP contribution in [0.3, 0.4) is 0 Å². The quantitative estimate of drug-likeness (QED) is 0.718. The molecule has 1 fully saturated rings. The highest BCUT2D eigenvalue weighted by Gasteiger charge is 2.30. The van der Waals surface area contributed by atoms with E-state index in [-0.39, 0.29) is 22.8 Å². The summed E-state index contributed by atoms with van der Waals surface area (Å²) in [5.41, 5.74) is 0.156. The largest absolute Gasteiger partial charge is 0.294 e. The summed E-state index contributed by atoms with van der Waals surface area (Å²) in [7, 11) is 0. The van der Waals surface area contributed by atoms with Crippen LogP contribution in [-0.4, -0.2) is 5.78 Å². The van der Waals surface area contributed by atoms with Crippen molar-refractivity contribution in [3.63, 3.8) is 0 Å². The zero-order valence-electron chi connectivity index (χ0n) is 12.4. The van der Waals surface area contributed by atoms with Gasteiger partial charge in [-0.2, -0.15) is 0 Å². The molecule has 0 saturated heterocycles. The predicted octanol–water partition coefficient (Wildman–Crippen LogP) is 4.92. The van der Waals surface area contributed by atoms with Gasteiger partial charge in [0.1, 0.15) is 0 Å². The summed E-state index contributed by atoms with van der Waals surface area (Å²) in [4.78, 5) is 12.4. The van der Waals surface area contributed by atoms with E-state index in [0.717, 1.165) is 25.7 Å². The van der Waals surface area contributed by atoms with Crippen LogP contribution in [-0.2, 0) is 0 Å². The van der Waals surface area contributed by atoms with Crippen molar-refractivity contribution < 1.29 is 13.6 Å². The number of Topliss-reactive ketones (excluding diaryl/α,β-unsaturated/α-hetero) is 1. The standard InChI is InChI=1S/C17H22F2O/c1-10(2)12-5-7-13(8-6-12)17(20)14-9-4-11(3)15(18)16(14)19/h4,9-10,12-13H,5-8H2,1-3H3. The lowest BCUT2D eigenvalue weighted by atomic mass is 9.74. The van der Waals surface area contributed by atoms with Crippen LogP contribution in [0.4, 0.5) is 8.78 Å². The monoisotopic (exact) mass is 280 g/mol. The second kappa shape index (κ2) is 6.02. The Morgan fingerprint density at radius 3 is 2.25 bits per heavy atom. The molecule has 1 nitrogen and oxygen atoms in total. The maximum absolute atomic E-state index is 13.9. The first-order valence-corrected chi connectivity index (χ1v) is 7.40. The Morgan fingerprint density at radius 1 is 1.10 bits per heavy atom. The molecule has 0 amide bonds. The van der Waals surface area contributed by atoms with Crippen molar-refractivity contribution in [3.8, 4) is 0 Å². The summed E-state index contributed by atoms with van der Waals surface area (Å²) in [5.74, 6) is -0.990. The molecule has 1 aromatic carbocycles. The number of rotatable bonds is 3. The molecule has 20 heavy (non-hydrogen) atoms. The van der Waals surface area contributed by atoms with E-state index in [2.05, 4.69) is 13.8 Å². The summed E-state index contributed by atoms with van der Waals surface area (Å²) < 4.78 is 27.4. The van der Waals surface area contributed by atoms with Crippen LogP contribution in [0.5, 0.6) is 0 Å². The predicted molar refractivity (Wildman–Crippen MR) is 75.7 cm³/mol. The maximum atomic E-state index is 13.9. The molecule has 1 saturated carbocycles. The number of ketones is 1. The first-order valence-electron chi connectivity index (χ1n) is 7.40. The Labute approximate surface area is 119 Å². The molecule has 1 aliphatic carbocycles. The lowest BCUT2D eigenvalue weighted by molar-refractivity contribution is 0.0853. The lowest BCUT2D eigenvalue weighted by Gasteiger charge is -2.30. The fourth-order valence-electron chi connectivity index (χ4n) is 3.10. The second-order valence-electron chi connectivity index (χ2n) is 6.28. The molecule has 1 aliphatic rings. The number of carbonyl (C=O) groups is 1. The van der Waals surface area contributed by atoms with Crippen molar-refractivity contribution in [2.24, 2.45) is 17.8 Å². The van der Waals surface area contributed by atoms with Gasteiger partial charge in [-0.25, -0.2) is 8.78 Å². The average molecular weight is 280 g/mol. The molecule has 0 spiro atoms. The number of halogens is 2. The molecule has 0 bridgehead atoms. The van der Waals surface area contributed by atoms with E-state index in [1.54, 1.807) is 0 Å². The fraction of sp³-hybridized carbons (Fsp3) is 0.588. The molecule has 1 aromatic rings. The Morgan fingerprint density at radius 2 is 1.70 bits per heavy atom. The molecule has 3 heteroatoms. The van der Waals surface area contributed by atoms with E-state index in [4.69, 9.17) is 0 Å². The van der Waals surface area contributed by atoms with Gasteiger partial charge in [-0.15, -0.1) is 0 Å². The van der Waals surface area contributed by atoms with E-state index in [1.807, 2.05) is 0 Å². The second-order valence-corrected chi connectivity index (χ2v) is 6.28. The Bertz CT molecular complexity index is 500. The van der Waals surface area contributed by atoms with Crippen LogP contribution in [0.25, 0.3) is 0 Å². The van der Waals surface area contributed by atoms with Crippen molar-refractivity contribution in [1.29, 1.82) is 0 Å². The zero-order valence-corrected chi connectivity index (χ0v) is 12.4. The highest BCUT2D eigenvalue weighted by atomic mass is 19.2. The Hall–Kier alpha value is -1.25. The third kappa shape index (κ3) is 2.92. The molecule has 0 radical (unpaired) electrons. The summed E-state index contributed by atoms with van der Waals surface area (Å²) in [6.07, 6.45) is 3.58. The summed E-state index contributed by atoms with van der Waals surface area (Å²) in [5, 5.41) is 0. The first-order chi connectivity index (χ1) is 9.41. The van der Waals surface area contributed by atoms with E-state index in [0.29, 0.717) is 11.8 Å². The fourth-order valence-corrected chi connectivity index (χ4v) is 3.10. The first kappa shape index (κ1) is 15.1. The molecule has 0 aliphatic heterocycles. The van der Waals surface area contributed by atoms with Crippen molar-refractivity contribution in [1.82, 2.24) is 0 Å². The summed E-state index contributed by atoms with van der Waals surface area (Å²) in [6.45, 7) is 5.89. The van der Waals surface area contributed by atoms with Crippen molar-refractivity contribution >= 4 is 5.78 Å². The van der Waals surface area contributed by atoms with Crippen molar-refractivity contribution in [2.45, 2.75) is 46.5 Å². The molecule has 0 N–H and O–H groups in total. The zero-order chi connectivity index (χ0) is 14.9. The molecular weight excluding hydrogens is 258 g/mol. The van der Waals surface area contributed by atoms with Crippen molar-refractivity contribution in [3.05, 3.63) is 34.9 Å². The number of hydrogen-bond donors (Lipinski definition) is 0. The molecule has 0 aromatic heterocycles. The van der Waals surface area contributed by atoms with Crippen LogP contribution < -0.4 is 0 Å². The van der Waals surface area contributed by atoms with Crippen LogP contribution >= 0.6 is 0 Å². The molecule has 2 rings (SSSR count). The van der Waals surface area contributed by atoms with Crippen molar-refractivity contribution in [2.75, 3.05) is 0 Å². The molecular formula is C17H22F2O. The lowest BCUT2D eigenvalue weighted by Crippen LogP contribution is -2.25. The molecule has 0 unspecified atom stereocenters. The molecule has 0 heterocycles. The maximum Gasteiger partial charge on any atom is 0.169 e. The van der Waals surface area contributed by atoms with Gasteiger partial charge in [-0.3, -0.25) is 4.79 Å². The topological polar surface area (TPSA) is 17.1 Å². The minimum atomic E-state index is -0.985. The summed E-state index contributed by atoms with van der Waals surface area (Å²) in [6, 6.07) is 2.90. The van der Waals surface area contributed by atoms with Crippen LogP contribution in [0, 0.1) is 36.3 Å². The highest BCUT2D eigenvalue weighted by molar-refractivity contribution is 5.98. The number of aryl methyl sites for hydroxylation is 1. The smallest absolute Gasteiger partial charge is 0.169 e. The van der Waals surface area contributed by atoms with Crippen LogP contribution in [0.2, 0.25) is 0 Å².